The second-order valence-corrected chi connectivity index (χ2v) is 14.5. The summed E-state index contributed by atoms with van der Waals surface area (Å²) in [7, 11) is 0. The Morgan fingerprint density at radius 1 is 0.386 bits per heavy atom. The molecule has 0 unspecified atom stereocenters. The molecule has 0 saturated heterocycles. The van der Waals surface area contributed by atoms with Crippen LogP contribution in [0.2, 0.25) is 0 Å². The van der Waals surface area contributed by atoms with Crippen LogP contribution < -0.4 is 0 Å². The molecule has 5 nitrogen and oxygen atoms in total. The van der Waals surface area contributed by atoms with Gasteiger partial charge in [0, 0.05) is 67.3 Å². The van der Waals surface area contributed by atoms with Crippen LogP contribution in [0.25, 0.3) is 111 Å². The van der Waals surface area contributed by atoms with E-state index in [4.69, 9.17) is 18.8 Å². The van der Waals surface area contributed by atoms with Gasteiger partial charge in [-0.25, -0.2) is 9.97 Å². The second kappa shape index (κ2) is 13.3. The maximum Gasteiger partial charge on any atom is 0.160 e. The fraction of sp³-hybridized carbons (Fsp3) is 0.0192. The van der Waals surface area contributed by atoms with E-state index in [0.717, 1.165) is 111 Å². The number of aryl methyl sites for hydroxylation is 1. The molecule has 7 aromatic carbocycles. The third-order valence-electron chi connectivity index (χ3n) is 10.9. The van der Waals surface area contributed by atoms with Gasteiger partial charge in [-0.15, -0.1) is 0 Å². The molecule has 0 aliphatic rings. The Bertz CT molecular complexity index is 3180. The summed E-state index contributed by atoms with van der Waals surface area (Å²) in [6.07, 6.45) is 3.70. The van der Waals surface area contributed by atoms with Crippen LogP contribution in [0.5, 0.6) is 0 Å². The van der Waals surface area contributed by atoms with Gasteiger partial charge in [0.05, 0.1) is 11.4 Å². The summed E-state index contributed by atoms with van der Waals surface area (Å²) in [4.78, 5) is 15.0. The molecule has 0 bridgehead atoms. The molecule has 0 saturated carbocycles. The first-order chi connectivity index (χ1) is 28.1. The topological polar surface area (TPSA) is 65.0 Å². The average Bonchev–Trinajstić information content (AvgIpc) is 3.85. The van der Waals surface area contributed by atoms with E-state index >= 15 is 0 Å². The lowest BCUT2D eigenvalue weighted by atomic mass is 9.93. The summed E-state index contributed by atoms with van der Waals surface area (Å²) in [6.45, 7) is 2.14. The minimum Gasteiger partial charge on any atom is -0.455 e. The number of rotatable bonds is 6. The van der Waals surface area contributed by atoms with Crippen LogP contribution in [-0.2, 0) is 0 Å². The largest absolute Gasteiger partial charge is 0.455 e. The predicted octanol–water partition coefficient (Wildman–Crippen LogP) is 14.0. The number of furan rings is 2. The Kier molecular flexibility index (Phi) is 7.64. The average molecular weight is 732 g/mol. The molecule has 0 amide bonds. The maximum absolute atomic E-state index is 6.59. The summed E-state index contributed by atoms with van der Waals surface area (Å²) >= 11 is 0. The zero-order valence-corrected chi connectivity index (χ0v) is 31.0. The summed E-state index contributed by atoms with van der Waals surface area (Å²) in [5, 5.41) is 4.32. The monoisotopic (exact) mass is 731 g/mol. The Labute approximate surface area is 328 Å². The molecule has 268 valence electrons. The van der Waals surface area contributed by atoms with Crippen molar-refractivity contribution >= 4 is 43.9 Å². The van der Waals surface area contributed by atoms with Gasteiger partial charge >= 0.3 is 0 Å². The van der Waals surface area contributed by atoms with Crippen molar-refractivity contribution in [1.29, 1.82) is 0 Å². The standard InChI is InChI=1S/C52H33N3O2/c1-32-26-34(23-24-39(32)35-14-11-25-53-31-35)47-30-46(33-12-3-2-4-13-33)54-52(55-47)38-28-36(40-17-9-19-44-42-15-5-7-21-48(42)56-50(40)44)27-37(29-38)41-18-10-20-45-43-16-6-8-22-49(43)57-51(41)45/h2-31H,1H3. The highest BCUT2D eigenvalue weighted by molar-refractivity contribution is 6.11. The van der Waals surface area contributed by atoms with Crippen molar-refractivity contribution in [2.24, 2.45) is 0 Å². The zero-order valence-electron chi connectivity index (χ0n) is 31.0. The van der Waals surface area contributed by atoms with E-state index in [0.29, 0.717) is 5.82 Å². The number of nitrogens with zero attached hydrogens (tertiary/aromatic N) is 3. The first-order valence-corrected chi connectivity index (χ1v) is 19.1. The van der Waals surface area contributed by atoms with E-state index < -0.39 is 0 Å². The van der Waals surface area contributed by atoms with E-state index in [1.807, 2.05) is 54.7 Å². The number of para-hydroxylation sites is 4. The van der Waals surface area contributed by atoms with Gasteiger partial charge in [-0.05, 0) is 77.7 Å². The van der Waals surface area contributed by atoms with Crippen molar-refractivity contribution in [2.45, 2.75) is 6.92 Å². The van der Waals surface area contributed by atoms with Gasteiger partial charge in [-0.3, -0.25) is 4.98 Å². The summed E-state index contributed by atoms with van der Waals surface area (Å²) < 4.78 is 13.2. The molecule has 0 aliphatic carbocycles. The first kappa shape index (κ1) is 32.8. The molecule has 0 atom stereocenters. The third-order valence-corrected chi connectivity index (χ3v) is 10.9. The Balaban J connectivity index is 1.16. The molecule has 0 aliphatic heterocycles. The molecule has 0 spiro atoms. The molecule has 5 heteroatoms. The molecule has 0 radical (unpaired) electrons. The highest BCUT2D eigenvalue weighted by Gasteiger charge is 2.19. The molecular weight excluding hydrogens is 699 g/mol. The highest BCUT2D eigenvalue weighted by Crippen LogP contribution is 2.42. The van der Waals surface area contributed by atoms with Crippen molar-refractivity contribution in [3.05, 3.63) is 188 Å². The van der Waals surface area contributed by atoms with Gasteiger partial charge in [0.15, 0.2) is 5.82 Å². The number of pyridine rings is 1. The van der Waals surface area contributed by atoms with Crippen LogP contribution in [0.3, 0.4) is 0 Å². The molecule has 11 aromatic rings. The smallest absolute Gasteiger partial charge is 0.160 e. The summed E-state index contributed by atoms with van der Waals surface area (Å²) in [5.41, 5.74) is 15.3. The quantitative estimate of drug-likeness (QED) is 0.170. The van der Waals surface area contributed by atoms with Crippen molar-refractivity contribution in [3.8, 4) is 67.3 Å². The summed E-state index contributed by atoms with van der Waals surface area (Å²) in [6, 6.07) is 58.7. The fourth-order valence-electron chi connectivity index (χ4n) is 8.17. The molecule has 4 heterocycles. The number of benzene rings is 7. The van der Waals surface area contributed by atoms with Gasteiger partial charge in [0.1, 0.15) is 22.3 Å². The molecule has 4 aromatic heterocycles. The van der Waals surface area contributed by atoms with Crippen molar-refractivity contribution in [3.63, 3.8) is 0 Å². The van der Waals surface area contributed by atoms with Crippen LogP contribution in [0.1, 0.15) is 5.56 Å². The predicted molar refractivity (Wildman–Crippen MR) is 232 cm³/mol. The number of aromatic nitrogens is 3. The Morgan fingerprint density at radius 2 is 0.947 bits per heavy atom. The van der Waals surface area contributed by atoms with E-state index in [-0.39, 0.29) is 0 Å². The lowest BCUT2D eigenvalue weighted by molar-refractivity contribution is 0.670. The van der Waals surface area contributed by atoms with Crippen LogP contribution in [-0.4, -0.2) is 15.0 Å². The lowest BCUT2D eigenvalue weighted by Crippen LogP contribution is -1.97. The van der Waals surface area contributed by atoms with E-state index in [1.165, 1.54) is 0 Å². The van der Waals surface area contributed by atoms with Crippen LogP contribution >= 0.6 is 0 Å². The molecule has 0 fully saturated rings. The van der Waals surface area contributed by atoms with Crippen molar-refractivity contribution < 1.29 is 8.83 Å². The number of hydrogen-bond acceptors (Lipinski definition) is 5. The van der Waals surface area contributed by atoms with Crippen LogP contribution in [0.4, 0.5) is 0 Å². The molecule has 57 heavy (non-hydrogen) atoms. The Morgan fingerprint density at radius 3 is 1.56 bits per heavy atom. The van der Waals surface area contributed by atoms with E-state index in [1.54, 1.807) is 6.20 Å². The maximum atomic E-state index is 6.59. The van der Waals surface area contributed by atoms with Crippen molar-refractivity contribution in [1.82, 2.24) is 15.0 Å². The molecule has 0 N–H and O–H groups in total. The SMILES string of the molecule is Cc1cc(-c2cc(-c3ccccc3)nc(-c3cc(-c4cccc5c4oc4ccccc45)cc(-c4cccc5c4oc4ccccc45)c3)n2)ccc1-c1cccnc1. The minimum absolute atomic E-state index is 0.622. The minimum atomic E-state index is 0.622. The van der Waals surface area contributed by atoms with Crippen LogP contribution in [0.15, 0.2) is 191 Å². The normalized spacial score (nSPS) is 11.6. The van der Waals surface area contributed by atoms with E-state index in [9.17, 15) is 0 Å². The van der Waals surface area contributed by atoms with Gasteiger partial charge in [0.25, 0.3) is 0 Å². The van der Waals surface area contributed by atoms with Gasteiger partial charge in [0.2, 0.25) is 0 Å². The van der Waals surface area contributed by atoms with Crippen molar-refractivity contribution in [2.75, 3.05) is 0 Å². The highest BCUT2D eigenvalue weighted by atomic mass is 16.3. The number of fused-ring (bicyclic) bond motifs is 6. The summed E-state index contributed by atoms with van der Waals surface area (Å²) in [5.74, 6) is 0.622. The fourth-order valence-corrected chi connectivity index (χ4v) is 8.17. The first-order valence-electron chi connectivity index (χ1n) is 19.1. The van der Waals surface area contributed by atoms with Gasteiger partial charge in [-0.1, -0.05) is 121 Å². The van der Waals surface area contributed by atoms with E-state index in [2.05, 4.69) is 133 Å². The number of hydrogen-bond donors (Lipinski definition) is 0. The van der Waals surface area contributed by atoms with Gasteiger partial charge < -0.3 is 8.83 Å². The second-order valence-electron chi connectivity index (χ2n) is 14.5. The third kappa shape index (κ3) is 5.68. The zero-order chi connectivity index (χ0) is 37.9. The van der Waals surface area contributed by atoms with Gasteiger partial charge in [-0.2, -0.15) is 0 Å². The molecule has 11 rings (SSSR count). The lowest BCUT2D eigenvalue weighted by Gasteiger charge is -2.14. The van der Waals surface area contributed by atoms with Crippen LogP contribution in [0, 0.1) is 6.92 Å². The Hall–Kier alpha value is -7.63. The molecular formula is C52H33N3O2.